The van der Waals surface area contributed by atoms with Crippen LogP contribution in [0.3, 0.4) is 0 Å². The lowest BCUT2D eigenvalue weighted by atomic mass is 10.2. The zero-order valence-electron chi connectivity index (χ0n) is 14.6. The first-order valence-corrected chi connectivity index (χ1v) is 8.99. The van der Waals surface area contributed by atoms with Gasteiger partial charge >= 0.3 is 6.18 Å². The molecule has 0 radical (unpaired) electrons. The Morgan fingerprint density at radius 2 is 2.12 bits per heavy atom. The molecule has 2 N–H and O–H groups in total. The molecule has 142 valence electrons. The van der Waals surface area contributed by atoms with Crippen LogP contribution in [0.5, 0.6) is 5.75 Å². The van der Waals surface area contributed by atoms with E-state index in [1.165, 1.54) is 0 Å². The summed E-state index contributed by atoms with van der Waals surface area (Å²) in [4.78, 5) is 7.82. The molecule has 0 aliphatic rings. The van der Waals surface area contributed by atoms with E-state index in [-0.39, 0.29) is 6.54 Å². The maximum Gasteiger partial charge on any atom is 0.434 e. The monoisotopic (exact) mass is 386 g/mol. The van der Waals surface area contributed by atoms with Crippen molar-refractivity contribution in [3.63, 3.8) is 0 Å². The Kier molecular flexibility index (Phi) is 7.26. The van der Waals surface area contributed by atoms with Crippen molar-refractivity contribution in [1.82, 2.24) is 15.6 Å². The van der Waals surface area contributed by atoms with Gasteiger partial charge in [0, 0.05) is 11.9 Å². The number of hydrogen-bond acceptors (Lipinski definition) is 4. The molecule has 2 aromatic rings. The number of hydrogen-bond donors (Lipinski definition) is 2. The van der Waals surface area contributed by atoms with Crippen LogP contribution in [0.15, 0.2) is 34.6 Å². The van der Waals surface area contributed by atoms with Crippen LogP contribution in [0.25, 0.3) is 0 Å². The molecule has 0 aliphatic heterocycles. The molecule has 0 saturated heterocycles. The largest absolute Gasteiger partial charge is 0.492 e. The van der Waals surface area contributed by atoms with Gasteiger partial charge in [0.1, 0.15) is 17.4 Å². The molecule has 1 aromatic heterocycles. The lowest BCUT2D eigenvalue weighted by molar-refractivity contribution is -0.140. The van der Waals surface area contributed by atoms with Crippen LogP contribution >= 0.6 is 11.3 Å². The summed E-state index contributed by atoms with van der Waals surface area (Å²) in [6.07, 6.45) is -4.42. The van der Waals surface area contributed by atoms with Crippen LogP contribution in [0, 0.1) is 6.92 Å². The lowest BCUT2D eigenvalue weighted by Gasteiger charge is -2.12. The number of ether oxygens (including phenoxy) is 1. The number of guanidine groups is 1. The molecule has 0 fully saturated rings. The molecule has 26 heavy (non-hydrogen) atoms. The van der Waals surface area contributed by atoms with E-state index in [1.54, 1.807) is 0 Å². The predicted molar refractivity (Wildman–Crippen MR) is 96.6 cm³/mol. The number of thiazole rings is 1. The summed E-state index contributed by atoms with van der Waals surface area (Å²) in [6, 6.07) is 7.74. The minimum atomic E-state index is -4.42. The number of aliphatic imine (C=N–C) groups is 1. The third-order valence-electron chi connectivity index (χ3n) is 3.21. The Morgan fingerprint density at radius 3 is 2.77 bits per heavy atom. The van der Waals surface area contributed by atoms with Gasteiger partial charge in [0.25, 0.3) is 0 Å². The normalized spacial score (nSPS) is 12.1. The summed E-state index contributed by atoms with van der Waals surface area (Å²) >= 11 is 0.945. The first-order valence-electron chi connectivity index (χ1n) is 8.11. The summed E-state index contributed by atoms with van der Waals surface area (Å²) in [5.41, 5.74) is 0.240. The van der Waals surface area contributed by atoms with E-state index in [2.05, 4.69) is 20.6 Å². The van der Waals surface area contributed by atoms with E-state index in [0.29, 0.717) is 30.7 Å². The maximum absolute atomic E-state index is 12.6. The van der Waals surface area contributed by atoms with Gasteiger partial charge in [-0.25, -0.2) is 9.98 Å². The molecule has 0 bridgehead atoms. The molecule has 1 heterocycles. The summed E-state index contributed by atoms with van der Waals surface area (Å²) in [7, 11) is 0. The van der Waals surface area contributed by atoms with Crippen LogP contribution in [-0.2, 0) is 12.7 Å². The summed E-state index contributed by atoms with van der Waals surface area (Å²) in [5, 5.41) is 7.43. The first kappa shape index (κ1) is 20.0. The van der Waals surface area contributed by atoms with Crippen molar-refractivity contribution in [3.05, 3.63) is 45.9 Å². The molecule has 0 amide bonds. The van der Waals surface area contributed by atoms with Gasteiger partial charge in [-0.2, -0.15) is 13.2 Å². The third-order valence-corrected chi connectivity index (χ3v) is 4.05. The van der Waals surface area contributed by atoms with Crippen LogP contribution in [0.4, 0.5) is 13.2 Å². The Labute approximate surface area is 154 Å². The molecular formula is C17H21F3N4OS. The van der Waals surface area contributed by atoms with Gasteiger partial charge in [0.05, 0.1) is 13.1 Å². The Morgan fingerprint density at radius 1 is 1.31 bits per heavy atom. The molecule has 0 spiro atoms. The fourth-order valence-electron chi connectivity index (χ4n) is 2.05. The van der Waals surface area contributed by atoms with Gasteiger partial charge < -0.3 is 15.4 Å². The molecule has 2 rings (SSSR count). The van der Waals surface area contributed by atoms with Crippen molar-refractivity contribution >= 4 is 17.3 Å². The zero-order chi connectivity index (χ0) is 19.0. The SMILES string of the molecule is CCNC(=NCc1nc(C(F)(F)F)cs1)NCCOc1cccc(C)c1. The number of rotatable bonds is 7. The fourth-order valence-corrected chi connectivity index (χ4v) is 2.77. The number of aromatic nitrogens is 1. The second-order valence-electron chi connectivity index (χ2n) is 5.41. The summed E-state index contributed by atoms with van der Waals surface area (Å²) in [5.74, 6) is 1.29. The Balaban J connectivity index is 1.83. The molecule has 0 atom stereocenters. The van der Waals surface area contributed by atoms with E-state index in [4.69, 9.17) is 4.74 Å². The van der Waals surface area contributed by atoms with Crippen molar-refractivity contribution in [2.75, 3.05) is 19.7 Å². The number of halogens is 3. The number of aryl methyl sites for hydroxylation is 1. The van der Waals surface area contributed by atoms with E-state index >= 15 is 0 Å². The number of nitrogens with one attached hydrogen (secondary N) is 2. The minimum absolute atomic E-state index is 0.0782. The van der Waals surface area contributed by atoms with E-state index < -0.39 is 11.9 Å². The highest BCUT2D eigenvalue weighted by atomic mass is 32.1. The molecule has 0 saturated carbocycles. The molecule has 5 nitrogen and oxygen atoms in total. The molecule has 0 unspecified atom stereocenters. The van der Waals surface area contributed by atoms with Crippen LogP contribution in [-0.4, -0.2) is 30.6 Å². The average molecular weight is 386 g/mol. The second kappa shape index (κ2) is 9.42. The van der Waals surface area contributed by atoms with Crippen molar-refractivity contribution in [3.8, 4) is 5.75 Å². The van der Waals surface area contributed by atoms with E-state index in [0.717, 1.165) is 28.0 Å². The Bertz CT molecular complexity index is 731. The van der Waals surface area contributed by atoms with E-state index in [9.17, 15) is 13.2 Å². The maximum atomic E-state index is 12.6. The van der Waals surface area contributed by atoms with Crippen molar-refractivity contribution < 1.29 is 17.9 Å². The smallest absolute Gasteiger partial charge is 0.434 e. The van der Waals surface area contributed by atoms with E-state index in [1.807, 2.05) is 38.1 Å². The molecule has 9 heteroatoms. The van der Waals surface area contributed by atoms with Crippen molar-refractivity contribution in [2.24, 2.45) is 4.99 Å². The first-order chi connectivity index (χ1) is 12.4. The lowest BCUT2D eigenvalue weighted by Crippen LogP contribution is -2.39. The standard InChI is InChI=1S/C17H21F3N4OS/c1-3-21-16(22-7-8-25-13-6-4-5-12(2)9-13)23-10-15-24-14(11-26-15)17(18,19)20/h4-6,9,11H,3,7-8,10H2,1-2H3,(H2,21,22,23). The van der Waals surface area contributed by atoms with Crippen LogP contribution in [0.2, 0.25) is 0 Å². The van der Waals surface area contributed by atoms with Gasteiger partial charge in [-0.05, 0) is 31.5 Å². The van der Waals surface area contributed by atoms with Crippen molar-refractivity contribution in [1.29, 1.82) is 0 Å². The molecule has 0 aliphatic carbocycles. The van der Waals surface area contributed by atoms with Crippen LogP contribution < -0.4 is 15.4 Å². The minimum Gasteiger partial charge on any atom is -0.492 e. The third kappa shape index (κ3) is 6.55. The van der Waals surface area contributed by atoms with Gasteiger partial charge in [-0.15, -0.1) is 11.3 Å². The summed E-state index contributed by atoms with van der Waals surface area (Å²) in [6.45, 7) is 5.55. The number of alkyl halides is 3. The second-order valence-corrected chi connectivity index (χ2v) is 6.35. The summed E-state index contributed by atoms with van der Waals surface area (Å²) < 4.78 is 43.3. The molecule has 1 aromatic carbocycles. The number of benzene rings is 1. The number of nitrogens with zero attached hydrogens (tertiary/aromatic N) is 2. The topological polar surface area (TPSA) is 58.5 Å². The van der Waals surface area contributed by atoms with Gasteiger partial charge in [0.2, 0.25) is 0 Å². The fraction of sp³-hybridized carbons (Fsp3) is 0.412. The highest BCUT2D eigenvalue weighted by Gasteiger charge is 2.33. The highest BCUT2D eigenvalue weighted by molar-refractivity contribution is 7.09. The Hall–Kier alpha value is -2.29. The van der Waals surface area contributed by atoms with Crippen LogP contribution in [0.1, 0.15) is 23.2 Å². The molecular weight excluding hydrogens is 365 g/mol. The quantitative estimate of drug-likeness (QED) is 0.434. The van der Waals surface area contributed by atoms with Crippen molar-refractivity contribution in [2.45, 2.75) is 26.6 Å². The zero-order valence-corrected chi connectivity index (χ0v) is 15.4. The van der Waals surface area contributed by atoms with Gasteiger partial charge in [0.15, 0.2) is 11.7 Å². The predicted octanol–water partition coefficient (Wildman–Crippen LogP) is 3.60. The van der Waals surface area contributed by atoms with Gasteiger partial charge in [-0.1, -0.05) is 12.1 Å². The average Bonchev–Trinajstić information content (AvgIpc) is 3.06. The highest BCUT2D eigenvalue weighted by Crippen LogP contribution is 2.30. The van der Waals surface area contributed by atoms with Gasteiger partial charge in [-0.3, -0.25) is 0 Å².